The van der Waals surface area contributed by atoms with Crippen molar-refractivity contribution in [3.63, 3.8) is 0 Å². The Morgan fingerprint density at radius 2 is 1.88 bits per heavy atom. The van der Waals surface area contributed by atoms with Gasteiger partial charge < -0.3 is 10.1 Å². The van der Waals surface area contributed by atoms with Crippen molar-refractivity contribution in [2.45, 2.75) is 50.8 Å². The Labute approximate surface area is 153 Å². The zero-order valence-electron chi connectivity index (χ0n) is 15.0. The van der Waals surface area contributed by atoms with E-state index in [-0.39, 0.29) is 19.2 Å². The number of rotatable bonds is 8. The normalized spacial score (nSPS) is 31.4. The topological polar surface area (TPSA) is 58.6 Å². The molecule has 3 atom stereocenters. The van der Waals surface area contributed by atoms with Crippen LogP contribution in [0.15, 0.2) is 0 Å². The van der Waals surface area contributed by atoms with Crippen molar-refractivity contribution in [2.75, 3.05) is 38.5 Å². The molecule has 2 heterocycles. The summed E-state index contributed by atoms with van der Waals surface area (Å²) >= 11 is 0. The molecule has 0 aromatic carbocycles. The van der Waals surface area contributed by atoms with Crippen molar-refractivity contribution in [2.24, 2.45) is 17.8 Å². The highest BCUT2D eigenvalue weighted by Gasteiger charge is 2.42. The van der Waals surface area contributed by atoms with Crippen molar-refractivity contribution < 1.29 is 26.3 Å². The van der Waals surface area contributed by atoms with Crippen LogP contribution in [0.1, 0.15) is 38.5 Å². The van der Waals surface area contributed by atoms with Gasteiger partial charge in [-0.05, 0) is 62.9 Å². The predicted molar refractivity (Wildman–Crippen MR) is 92.2 cm³/mol. The molecular formula is C17H29F3N2O3S. The van der Waals surface area contributed by atoms with Crippen LogP contribution in [0.2, 0.25) is 0 Å². The molecule has 2 aliphatic heterocycles. The number of hydrogen-bond donors (Lipinski definition) is 1. The van der Waals surface area contributed by atoms with Gasteiger partial charge in [0.15, 0.2) is 0 Å². The molecule has 0 unspecified atom stereocenters. The van der Waals surface area contributed by atoms with Crippen LogP contribution in [0.25, 0.3) is 0 Å². The highest BCUT2D eigenvalue weighted by atomic mass is 32.2. The molecule has 0 spiro atoms. The van der Waals surface area contributed by atoms with E-state index in [2.05, 4.69) is 5.32 Å². The minimum atomic E-state index is -4.45. The summed E-state index contributed by atoms with van der Waals surface area (Å²) in [4.78, 5) is 0. The molecule has 1 N–H and O–H groups in total. The average Bonchev–Trinajstić information content (AvgIpc) is 3.19. The van der Waals surface area contributed by atoms with E-state index in [1.54, 1.807) is 0 Å². The first-order valence-corrected chi connectivity index (χ1v) is 11.2. The zero-order chi connectivity index (χ0) is 18.8. The fourth-order valence-electron chi connectivity index (χ4n) is 4.30. The summed E-state index contributed by atoms with van der Waals surface area (Å²) in [6.07, 6.45) is -0.567. The van der Waals surface area contributed by atoms with Gasteiger partial charge in [-0.25, -0.2) is 8.42 Å². The van der Waals surface area contributed by atoms with Gasteiger partial charge in [-0.3, -0.25) is 0 Å². The number of sulfonamides is 1. The van der Waals surface area contributed by atoms with Crippen LogP contribution in [0.5, 0.6) is 0 Å². The van der Waals surface area contributed by atoms with Crippen LogP contribution in [0, 0.1) is 17.8 Å². The van der Waals surface area contributed by atoms with E-state index in [0.29, 0.717) is 13.0 Å². The summed E-state index contributed by atoms with van der Waals surface area (Å²) in [5.41, 5.74) is 0. The van der Waals surface area contributed by atoms with E-state index in [4.69, 9.17) is 4.74 Å². The van der Waals surface area contributed by atoms with Crippen molar-refractivity contribution >= 4 is 10.0 Å². The standard InChI is InChI=1S/C17H29F3N2O3S/c18-17(19,20)5-10-26(23,24)22-8-3-15(12-22)25-9-4-14-11-16(14)13-1-6-21-7-2-13/h13-16,21H,1-12H2/t14-,15+,16-/m1/s1. The van der Waals surface area contributed by atoms with Crippen LogP contribution in [-0.2, 0) is 14.8 Å². The maximum absolute atomic E-state index is 12.3. The average molecular weight is 398 g/mol. The molecule has 0 radical (unpaired) electrons. The Kier molecular flexibility index (Phi) is 6.52. The highest BCUT2D eigenvalue weighted by molar-refractivity contribution is 7.89. The zero-order valence-corrected chi connectivity index (χ0v) is 15.8. The molecule has 9 heteroatoms. The first kappa shape index (κ1) is 20.4. The summed E-state index contributed by atoms with van der Waals surface area (Å²) in [6, 6.07) is 0. The lowest BCUT2D eigenvalue weighted by atomic mass is 9.91. The molecule has 26 heavy (non-hydrogen) atoms. The third kappa shape index (κ3) is 5.81. The maximum Gasteiger partial charge on any atom is 0.390 e. The van der Waals surface area contributed by atoms with Gasteiger partial charge in [0.1, 0.15) is 0 Å². The second-order valence-corrected chi connectivity index (χ2v) is 9.94. The monoisotopic (exact) mass is 398 g/mol. The lowest BCUT2D eigenvalue weighted by Crippen LogP contribution is -2.33. The Morgan fingerprint density at radius 3 is 2.58 bits per heavy atom. The van der Waals surface area contributed by atoms with Crippen molar-refractivity contribution in [3.8, 4) is 0 Å². The number of halogens is 3. The van der Waals surface area contributed by atoms with Crippen LogP contribution in [-0.4, -0.2) is 63.5 Å². The lowest BCUT2D eigenvalue weighted by molar-refractivity contribution is -0.130. The molecule has 3 rings (SSSR count). The highest BCUT2D eigenvalue weighted by Crippen LogP contribution is 2.49. The molecule has 1 aliphatic carbocycles. The Hall–Kier alpha value is -0.380. The fourth-order valence-corrected chi connectivity index (χ4v) is 5.82. The fraction of sp³-hybridized carbons (Fsp3) is 1.00. The van der Waals surface area contributed by atoms with Crippen LogP contribution >= 0.6 is 0 Å². The second-order valence-electron chi connectivity index (χ2n) is 7.86. The molecule has 0 aromatic heterocycles. The smallest absolute Gasteiger partial charge is 0.377 e. The molecule has 0 aromatic rings. The molecule has 0 amide bonds. The summed E-state index contributed by atoms with van der Waals surface area (Å²) in [5, 5.41) is 3.39. The Morgan fingerprint density at radius 1 is 1.15 bits per heavy atom. The minimum absolute atomic E-state index is 0.183. The number of nitrogens with zero attached hydrogens (tertiary/aromatic N) is 1. The first-order chi connectivity index (χ1) is 12.2. The van der Waals surface area contributed by atoms with E-state index >= 15 is 0 Å². The predicted octanol–water partition coefficient (Wildman–Crippen LogP) is 2.39. The lowest BCUT2D eigenvalue weighted by Gasteiger charge is -2.22. The SMILES string of the molecule is O=S(=O)(CCC(F)(F)F)N1CC[C@H](OCC[C@@H]2C[C@@H]2C2CCNCC2)C1. The van der Waals surface area contributed by atoms with Crippen molar-refractivity contribution in [3.05, 3.63) is 0 Å². The van der Waals surface area contributed by atoms with Gasteiger partial charge in [0, 0.05) is 19.7 Å². The molecule has 5 nitrogen and oxygen atoms in total. The van der Waals surface area contributed by atoms with Crippen molar-refractivity contribution in [1.82, 2.24) is 9.62 Å². The summed E-state index contributed by atoms with van der Waals surface area (Å²) < 4.78 is 67.7. The summed E-state index contributed by atoms with van der Waals surface area (Å²) in [7, 11) is -3.85. The summed E-state index contributed by atoms with van der Waals surface area (Å²) in [6.45, 7) is 3.29. The number of nitrogens with one attached hydrogen (secondary N) is 1. The minimum Gasteiger partial charge on any atom is -0.377 e. The molecule has 152 valence electrons. The van der Waals surface area contributed by atoms with Crippen molar-refractivity contribution in [1.29, 1.82) is 0 Å². The number of alkyl halides is 3. The van der Waals surface area contributed by atoms with Gasteiger partial charge in [0.25, 0.3) is 0 Å². The molecule has 3 fully saturated rings. The van der Waals surface area contributed by atoms with Crippen LogP contribution in [0.3, 0.4) is 0 Å². The van der Waals surface area contributed by atoms with E-state index in [1.165, 1.54) is 19.3 Å². The van der Waals surface area contributed by atoms with Gasteiger partial charge in [-0.15, -0.1) is 0 Å². The summed E-state index contributed by atoms with van der Waals surface area (Å²) in [5.74, 6) is 1.51. The first-order valence-electron chi connectivity index (χ1n) is 9.61. The Balaban J connectivity index is 1.32. The number of hydrogen-bond acceptors (Lipinski definition) is 4. The maximum atomic E-state index is 12.3. The molecule has 1 saturated carbocycles. The quantitative estimate of drug-likeness (QED) is 0.682. The second kappa shape index (κ2) is 8.32. The van der Waals surface area contributed by atoms with Crippen LogP contribution in [0.4, 0.5) is 13.2 Å². The van der Waals surface area contributed by atoms with Gasteiger partial charge in [-0.2, -0.15) is 17.5 Å². The van der Waals surface area contributed by atoms with E-state index in [9.17, 15) is 21.6 Å². The molecule has 2 saturated heterocycles. The van der Waals surface area contributed by atoms with E-state index < -0.39 is 28.4 Å². The number of ether oxygens (including phenoxy) is 1. The Bertz CT molecular complexity index is 564. The van der Waals surface area contributed by atoms with Crippen LogP contribution < -0.4 is 5.32 Å². The molecule has 0 bridgehead atoms. The van der Waals surface area contributed by atoms with Gasteiger partial charge in [0.05, 0.1) is 18.3 Å². The molecule has 3 aliphatic rings. The van der Waals surface area contributed by atoms with Gasteiger partial charge in [-0.1, -0.05) is 0 Å². The number of piperidine rings is 1. The van der Waals surface area contributed by atoms with E-state index in [1.807, 2.05) is 0 Å². The largest absolute Gasteiger partial charge is 0.390 e. The van der Waals surface area contributed by atoms with Gasteiger partial charge in [0.2, 0.25) is 10.0 Å². The van der Waals surface area contributed by atoms with Gasteiger partial charge >= 0.3 is 6.18 Å². The third-order valence-electron chi connectivity index (χ3n) is 5.95. The molecular weight excluding hydrogens is 369 g/mol. The van der Waals surface area contributed by atoms with E-state index in [0.717, 1.165) is 41.6 Å². The third-order valence-corrected chi connectivity index (χ3v) is 7.79.